The quantitative estimate of drug-likeness (QED) is 0.466. The van der Waals surface area contributed by atoms with E-state index in [0.717, 1.165) is 32.0 Å². The molecule has 0 aromatic rings. The van der Waals surface area contributed by atoms with Crippen LogP contribution in [0.25, 0.3) is 0 Å². The lowest BCUT2D eigenvalue weighted by atomic mass is 10.2. The Kier molecular flexibility index (Phi) is 0.745. The fourth-order valence-corrected chi connectivity index (χ4v) is 1.11. The van der Waals surface area contributed by atoms with Gasteiger partial charge in [-0.25, -0.2) is 0 Å². The molecule has 0 aromatic carbocycles. The molecule has 0 fully saturated rings. The average Bonchev–Trinajstić information content (AvgIpc) is 2.15. The second kappa shape index (κ2) is 1.41. The molecular formula is C6H8O2. The summed E-state index contributed by atoms with van der Waals surface area (Å²) in [6, 6.07) is 0. The van der Waals surface area contributed by atoms with Gasteiger partial charge in [-0.3, -0.25) is 0 Å². The molecule has 2 rings (SSSR count). The van der Waals surface area contributed by atoms with Gasteiger partial charge in [-0.15, -0.1) is 0 Å². The lowest BCUT2D eigenvalue weighted by molar-refractivity contribution is 0.0662. The van der Waals surface area contributed by atoms with Crippen molar-refractivity contribution in [1.82, 2.24) is 0 Å². The Morgan fingerprint density at radius 2 is 1.62 bits per heavy atom. The van der Waals surface area contributed by atoms with Crippen LogP contribution in [0.15, 0.2) is 11.5 Å². The summed E-state index contributed by atoms with van der Waals surface area (Å²) in [7, 11) is 0. The van der Waals surface area contributed by atoms with Crippen molar-refractivity contribution in [1.29, 1.82) is 0 Å². The fourth-order valence-electron chi connectivity index (χ4n) is 1.11. The molecule has 8 heavy (non-hydrogen) atoms. The molecule has 0 bridgehead atoms. The molecule has 44 valence electrons. The van der Waals surface area contributed by atoms with Crippen molar-refractivity contribution in [2.75, 3.05) is 13.2 Å². The number of hydrogen-bond donors (Lipinski definition) is 0. The highest BCUT2D eigenvalue weighted by Crippen LogP contribution is 2.28. The van der Waals surface area contributed by atoms with Gasteiger partial charge in [0, 0.05) is 18.4 Å². The highest BCUT2D eigenvalue weighted by Gasteiger charge is 2.22. The molecule has 0 aromatic heterocycles. The third-order valence-electron chi connectivity index (χ3n) is 1.56. The zero-order valence-corrected chi connectivity index (χ0v) is 4.64. The minimum absolute atomic E-state index is 0.824. The Morgan fingerprint density at radius 3 is 2.12 bits per heavy atom. The summed E-state index contributed by atoms with van der Waals surface area (Å²) in [5.74, 6) is 0.824. The number of rotatable bonds is 0. The molecule has 0 aliphatic carbocycles. The molecule has 0 amide bonds. The Morgan fingerprint density at radius 1 is 1.00 bits per heavy atom. The molecule has 0 saturated carbocycles. The van der Waals surface area contributed by atoms with Gasteiger partial charge in [0.1, 0.15) is 0 Å². The predicted octanol–water partition coefficient (Wildman–Crippen LogP) is 1.04. The van der Waals surface area contributed by atoms with E-state index in [2.05, 4.69) is 0 Å². The Balaban J connectivity index is 2.23. The van der Waals surface area contributed by atoms with Crippen molar-refractivity contribution in [2.45, 2.75) is 12.8 Å². The molecule has 2 aliphatic rings. The van der Waals surface area contributed by atoms with Gasteiger partial charge in [-0.2, -0.15) is 0 Å². The molecule has 2 heteroatoms. The lowest BCUT2D eigenvalue weighted by Crippen LogP contribution is -1.89. The Labute approximate surface area is 48.1 Å². The normalized spacial score (nSPS) is 25.0. The standard InChI is InChI=1S/C6H8O2/c1-3-7-6-5(1)2-4-8-6/h1-4H2. The summed E-state index contributed by atoms with van der Waals surface area (Å²) in [4.78, 5) is 0. The molecule has 2 heterocycles. The summed E-state index contributed by atoms with van der Waals surface area (Å²) in [6.07, 6.45) is 2.19. The van der Waals surface area contributed by atoms with Crippen LogP contribution in [0.5, 0.6) is 0 Å². The van der Waals surface area contributed by atoms with Gasteiger partial charge in [0.15, 0.2) is 0 Å². The van der Waals surface area contributed by atoms with Crippen molar-refractivity contribution >= 4 is 0 Å². The van der Waals surface area contributed by atoms with Gasteiger partial charge in [-0.1, -0.05) is 0 Å². The van der Waals surface area contributed by atoms with Crippen LogP contribution < -0.4 is 0 Å². The lowest BCUT2D eigenvalue weighted by Gasteiger charge is -1.98. The predicted molar refractivity (Wildman–Crippen MR) is 28.2 cm³/mol. The van der Waals surface area contributed by atoms with Crippen LogP contribution in [-0.2, 0) is 9.47 Å². The average molecular weight is 112 g/mol. The Bertz CT molecular complexity index is 109. The summed E-state index contributed by atoms with van der Waals surface area (Å²) < 4.78 is 10.3. The molecule has 0 saturated heterocycles. The van der Waals surface area contributed by atoms with Crippen LogP contribution in [-0.4, -0.2) is 13.2 Å². The number of ether oxygens (including phenoxy) is 2. The maximum Gasteiger partial charge on any atom is 0.278 e. The van der Waals surface area contributed by atoms with E-state index >= 15 is 0 Å². The zero-order valence-electron chi connectivity index (χ0n) is 4.64. The highest BCUT2D eigenvalue weighted by molar-refractivity contribution is 5.11. The molecule has 0 radical (unpaired) electrons. The van der Waals surface area contributed by atoms with Gasteiger partial charge in [-0.05, 0) is 0 Å². The minimum Gasteiger partial charge on any atom is -0.465 e. The monoisotopic (exact) mass is 112 g/mol. The first-order chi connectivity index (χ1) is 3.97. The Hall–Kier alpha value is -0.660. The smallest absolute Gasteiger partial charge is 0.278 e. The topological polar surface area (TPSA) is 18.5 Å². The second-order valence-electron chi connectivity index (χ2n) is 2.09. The molecule has 0 unspecified atom stereocenters. The minimum atomic E-state index is 0.824. The van der Waals surface area contributed by atoms with Crippen LogP contribution in [0.4, 0.5) is 0 Å². The zero-order chi connectivity index (χ0) is 5.40. The maximum atomic E-state index is 5.13. The molecule has 0 N–H and O–H groups in total. The summed E-state index contributed by atoms with van der Waals surface area (Å²) >= 11 is 0. The molecule has 2 aliphatic heterocycles. The third-order valence-corrected chi connectivity index (χ3v) is 1.56. The van der Waals surface area contributed by atoms with Crippen LogP contribution in [0, 0.1) is 0 Å². The van der Waals surface area contributed by atoms with Gasteiger partial charge in [0.25, 0.3) is 5.95 Å². The van der Waals surface area contributed by atoms with E-state index in [1.165, 1.54) is 5.57 Å². The van der Waals surface area contributed by atoms with Gasteiger partial charge in [0.05, 0.1) is 13.2 Å². The van der Waals surface area contributed by atoms with E-state index in [-0.39, 0.29) is 0 Å². The second-order valence-corrected chi connectivity index (χ2v) is 2.09. The summed E-state index contributed by atoms with van der Waals surface area (Å²) in [5.41, 5.74) is 1.38. The van der Waals surface area contributed by atoms with E-state index < -0.39 is 0 Å². The van der Waals surface area contributed by atoms with E-state index in [0.29, 0.717) is 0 Å². The maximum absolute atomic E-state index is 5.13. The van der Waals surface area contributed by atoms with E-state index in [9.17, 15) is 0 Å². The molecule has 0 spiro atoms. The van der Waals surface area contributed by atoms with Gasteiger partial charge < -0.3 is 9.47 Å². The molecule has 2 nitrogen and oxygen atoms in total. The largest absolute Gasteiger partial charge is 0.465 e. The fraction of sp³-hybridized carbons (Fsp3) is 0.667. The van der Waals surface area contributed by atoms with Crippen LogP contribution in [0.1, 0.15) is 12.8 Å². The van der Waals surface area contributed by atoms with Crippen molar-refractivity contribution in [3.63, 3.8) is 0 Å². The van der Waals surface area contributed by atoms with E-state index in [4.69, 9.17) is 9.47 Å². The first-order valence-electron chi connectivity index (χ1n) is 2.94. The van der Waals surface area contributed by atoms with Crippen molar-refractivity contribution in [3.8, 4) is 0 Å². The van der Waals surface area contributed by atoms with Gasteiger partial charge in [0.2, 0.25) is 0 Å². The van der Waals surface area contributed by atoms with Gasteiger partial charge >= 0.3 is 0 Å². The van der Waals surface area contributed by atoms with E-state index in [1.54, 1.807) is 0 Å². The van der Waals surface area contributed by atoms with Crippen molar-refractivity contribution in [3.05, 3.63) is 11.5 Å². The first kappa shape index (κ1) is 4.24. The third kappa shape index (κ3) is 0.427. The summed E-state index contributed by atoms with van der Waals surface area (Å²) in [5, 5.41) is 0. The van der Waals surface area contributed by atoms with Crippen molar-refractivity contribution < 1.29 is 9.47 Å². The molecule has 0 atom stereocenters. The molecular weight excluding hydrogens is 104 g/mol. The van der Waals surface area contributed by atoms with Crippen LogP contribution in [0.2, 0.25) is 0 Å². The van der Waals surface area contributed by atoms with Crippen LogP contribution >= 0.6 is 0 Å². The summed E-state index contributed by atoms with van der Waals surface area (Å²) in [6.45, 7) is 1.68. The number of hydrogen-bond acceptors (Lipinski definition) is 2. The van der Waals surface area contributed by atoms with Crippen LogP contribution in [0.3, 0.4) is 0 Å². The van der Waals surface area contributed by atoms with E-state index in [1.807, 2.05) is 0 Å². The first-order valence-corrected chi connectivity index (χ1v) is 2.94. The van der Waals surface area contributed by atoms with Crippen molar-refractivity contribution in [2.24, 2.45) is 0 Å². The highest BCUT2D eigenvalue weighted by atomic mass is 16.7. The SMILES string of the molecule is C1CC2=C(O1)OCC2.